The minimum Gasteiger partial charge on any atom is -0.337 e. The van der Waals surface area contributed by atoms with Crippen LogP contribution in [0.3, 0.4) is 0 Å². The second-order valence-corrected chi connectivity index (χ2v) is 9.60. The smallest absolute Gasteiger partial charge is 0.0945 e. The van der Waals surface area contributed by atoms with E-state index < -0.39 is 0 Å². The van der Waals surface area contributed by atoms with E-state index in [9.17, 15) is 0 Å². The highest BCUT2D eigenvalue weighted by molar-refractivity contribution is 8.21. The van der Waals surface area contributed by atoms with Crippen molar-refractivity contribution in [3.8, 4) is 0 Å². The van der Waals surface area contributed by atoms with Crippen LogP contribution in [-0.4, -0.2) is 25.1 Å². The van der Waals surface area contributed by atoms with Crippen molar-refractivity contribution < 1.29 is 0 Å². The van der Waals surface area contributed by atoms with Crippen LogP contribution < -0.4 is 0 Å². The number of aromatic nitrogens is 2. The second-order valence-electron chi connectivity index (χ2n) is 6.38. The third kappa shape index (κ3) is 6.57. The van der Waals surface area contributed by atoms with E-state index >= 15 is 0 Å². The first-order valence-corrected chi connectivity index (χ1v) is 11.1. The van der Waals surface area contributed by atoms with Gasteiger partial charge in [-0.25, -0.2) is 4.98 Å². The summed E-state index contributed by atoms with van der Waals surface area (Å²) in [5.74, 6) is 2.71. The molecule has 0 bridgehead atoms. The number of unbranched alkanes of at least 4 members (excludes halogenated alkanes) is 6. The number of rotatable bonds is 12. The van der Waals surface area contributed by atoms with E-state index in [2.05, 4.69) is 46.2 Å². The molecule has 22 heavy (non-hydrogen) atoms. The predicted molar refractivity (Wildman–Crippen MR) is 102 cm³/mol. The Hall–Kier alpha value is -0.0900. The van der Waals surface area contributed by atoms with Crippen LogP contribution in [0.4, 0.5) is 0 Å². The average Bonchev–Trinajstić information content (AvgIpc) is 3.19. The third-order valence-corrected chi connectivity index (χ3v) is 8.16. The molecule has 1 aliphatic heterocycles. The maximum absolute atomic E-state index is 4.13. The molecular formula is C18H32N2S2. The Morgan fingerprint density at radius 3 is 2.32 bits per heavy atom. The van der Waals surface area contributed by atoms with Crippen molar-refractivity contribution in [1.82, 2.24) is 9.55 Å². The van der Waals surface area contributed by atoms with E-state index in [4.69, 9.17) is 0 Å². The van der Waals surface area contributed by atoms with Crippen LogP contribution in [0.1, 0.15) is 71.1 Å². The fraction of sp³-hybridized carbons (Fsp3) is 0.833. The molecule has 1 aromatic heterocycles. The van der Waals surface area contributed by atoms with Crippen LogP contribution in [0.5, 0.6) is 0 Å². The molecule has 0 saturated carbocycles. The number of thioether (sulfide) groups is 2. The molecule has 2 heterocycles. The summed E-state index contributed by atoms with van der Waals surface area (Å²) in [5, 5.41) is 0. The highest BCUT2D eigenvalue weighted by Gasteiger charge is 2.34. The normalized spacial score (nSPS) is 17.1. The summed E-state index contributed by atoms with van der Waals surface area (Å²) in [6.45, 7) is 3.42. The first kappa shape index (κ1) is 18.3. The molecule has 0 aromatic carbocycles. The molecule has 1 fully saturated rings. The first-order chi connectivity index (χ1) is 10.8. The minimum absolute atomic E-state index is 0.532. The van der Waals surface area contributed by atoms with Crippen LogP contribution in [-0.2, 0) is 6.54 Å². The number of aryl methyl sites for hydroxylation is 1. The zero-order valence-electron chi connectivity index (χ0n) is 14.1. The largest absolute Gasteiger partial charge is 0.337 e. The summed E-state index contributed by atoms with van der Waals surface area (Å²) in [7, 11) is 0. The molecule has 2 nitrogen and oxygen atoms in total. The fourth-order valence-electron chi connectivity index (χ4n) is 3.21. The molecule has 0 N–H and O–H groups in total. The van der Waals surface area contributed by atoms with Crippen molar-refractivity contribution in [2.75, 3.05) is 11.5 Å². The van der Waals surface area contributed by atoms with Gasteiger partial charge >= 0.3 is 0 Å². The van der Waals surface area contributed by atoms with Crippen molar-refractivity contribution in [2.45, 2.75) is 81.8 Å². The van der Waals surface area contributed by atoms with E-state index in [1.54, 1.807) is 0 Å². The maximum Gasteiger partial charge on any atom is 0.0945 e. The highest BCUT2D eigenvalue weighted by Crippen LogP contribution is 2.50. The van der Waals surface area contributed by atoms with Gasteiger partial charge in [0.2, 0.25) is 0 Å². The third-order valence-electron chi connectivity index (χ3n) is 4.51. The quantitative estimate of drug-likeness (QED) is 0.436. The Morgan fingerprint density at radius 2 is 1.64 bits per heavy atom. The SMILES string of the molecule is CCCCCCCCCC1(CCCn2ccnc2)SCCS1. The van der Waals surface area contributed by atoms with Crippen LogP contribution in [0.2, 0.25) is 0 Å². The molecule has 1 saturated heterocycles. The lowest BCUT2D eigenvalue weighted by Crippen LogP contribution is -2.18. The molecule has 1 aliphatic rings. The van der Waals surface area contributed by atoms with Crippen LogP contribution >= 0.6 is 23.5 Å². The molecule has 0 spiro atoms. The standard InChI is InChI=1S/C18H32N2S2/c1-2-3-4-5-6-7-8-10-18(21-15-16-22-18)11-9-13-20-14-12-19-17-20/h12,14,17H,2-11,13,15-16H2,1H3. The highest BCUT2D eigenvalue weighted by atomic mass is 32.2. The topological polar surface area (TPSA) is 17.8 Å². The van der Waals surface area contributed by atoms with E-state index in [-0.39, 0.29) is 0 Å². The molecule has 0 radical (unpaired) electrons. The molecule has 0 aliphatic carbocycles. The average molecular weight is 341 g/mol. The van der Waals surface area contributed by atoms with Gasteiger partial charge in [0.05, 0.1) is 10.4 Å². The number of imidazole rings is 1. The lowest BCUT2D eigenvalue weighted by Gasteiger charge is -2.27. The lowest BCUT2D eigenvalue weighted by atomic mass is 10.0. The van der Waals surface area contributed by atoms with Gasteiger partial charge in [-0.1, -0.05) is 51.9 Å². The molecule has 4 heteroatoms. The van der Waals surface area contributed by atoms with Gasteiger partial charge in [0, 0.05) is 30.4 Å². The van der Waals surface area contributed by atoms with E-state index in [0.717, 1.165) is 6.54 Å². The molecule has 0 amide bonds. The van der Waals surface area contributed by atoms with E-state index in [0.29, 0.717) is 4.08 Å². The Kier molecular flexibility index (Phi) is 8.83. The Balaban J connectivity index is 1.60. The molecule has 126 valence electrons. The summed E-state index contributed by atoms with van der Waals surface area (Å²) in [6.07, 6.45) is 19.9. The van der Waals surface area contributed by atoms with Gasteiger partial charge < -0.3 is 4.57 Å². The van der Waals surface area contributed by atoms with Crippen molar-refractivity contribution in [3.05, 3.63) is 18.7 Å². The molecular weight excluding hydrogens is 308 g/mol. The Labute approximate surface area is 145 Å². The van der Waals surface area contributed by atoms with Gasteiger partial charge in [-0.2, -0.15) is 0 Å². The van der Waals surface area contributed by atoms with Crippen molar-refractivity contribution in [3.63, 3.8) is 0 Å². The predicted octanol–water partition coefficient (Wildman–Crippen LogP) is 5.98. The number of nitrogens with zero attached hydrogens (tertiary/aromatic N) is 2. The number of hydrogen-bond donors (Lipinski definition) is 0. The molecule has 2 rings (SSSR count). The summed E-state index contributed by atoms with van der Waals surface area (Å²) in [5.41, 5.74) is 0. The molecule has 1 aromatic rings. The molecule has 0 unspecified atom stereocenters. The number of hydrogen-bond acceptors (Lipinski definition) is 3. The Bertz CT molecular complexity index is 372. The summed E-state index contributed by atoms with van der Waals surface area (Å²) in [6, 6.07) is 0. The first-order valence-electron chi connectivity index (χ1n) is 9.08. The van der Waals surface area contributed by atoms with Gasteiger partial charge in [0.15, 0.2) is 0 Å². The van der Waals surface area contributed by atoms with Crippen molar-refractivity contribution in [2.24, 2.45) is 0 Å². The lowest BCUT2D eigenvalue weighted by molar-refractivity contribution is 0.523. The monoisotopic (exact) mass is 340 g/mol. The van der Waals surface area contributed by atoms with Gasteiger partial charge in [-0.3, -0.25) is 0 Å². The minimum atomic E-state index is 0.532. The van der Waals surface area contributed by atoms with Crippen LogP contribution in [0.15, 0.2) is 18.7 Å². The zero-order valence-corrected chi connectivity index (χ0v) is 15.8. The van der Waals surface area contributed by atoms with Crippen molar-refractivity contribution >= 4 is 23.5 Å². The van der Waals surface area contributed by atoms with Crippen molar-refractivity contribution in [1.29, 1.82) is 0 Å². The second kappa shape index (κ2) is 10.6. The van der Waals surface area contributed by atoms with Gasteiger partial charge in [0.25, 0.3) is 0 Å². The molecule has 0 atom stereocenters. The summed E-state index contributed by atoms with van der Waals surface area (Å²) < 4.78 is 2.75. The Morgan fingerprint density at radius 1 is 0.955 bits per heavy atom. The summed E-state index contributed by atoms with van der Waals surface area (Å²) in [4.78, 5) is 4.13. The van der Waals surface area contributed by atoms with E-state index in [1.165, 1.54) is 75.7 Å². The van der Waals surface area contributed by atoms with Crippen LogP contribution in [0.25, 0.3) is 0 Å². The van der Waals surface area contributed by atoms with Gasteiger partial charge in [-0.05, 0) is 19.3 Å². The summed E-state index contributed by atoms with van der Waals surface area (Å²) >= 11 is 4.47. The fourth-order valence-corrected chi connectivity index (χ4v) is 6.61. The zero-order chi connectivity index (χ0) is 15.5. The maximum atomic E-state index is 4.13. The van der Waals surface area contributed by atoms with Gasteiger partial charge in [0.1, 0.15) is 0 Å². The van der Waals surface area contributed by atoms with E-state index in [1.807, 2.05) is 12.5 Å². The van der Waals surface area contributed by atoms with Gasteiger partial charge in [-0.15, -0.1) is 23.5 Å². The van der Waals surface area contributed by atoms with Crippen LogP contribution in [0, 0.1) is 0 Å².